The topological polar surface area (TPSA) is 72.9 Å². The van der Waals surface area contributed by atoms with Crippen molar-refractivity contribution in [3.8, 4) is 0 Å². The van der Waals surface area contributed by atoms with Crippen molar-refractivity contribution in [2.45, 2.75) is 6.92 Å². The zero-order chi connectivity index (χ0) is 13.1. The summed E-state index contributed by atoms with van der Waals surface area (Å²) in [4.78, 5) is 11.4. The van der Waals surface area contributed by atoms with E-state index in [9.17, 15) is 13.2 Å². The van der Waals surface area contributed by atoms with Gasteiger partial charge >= 0.3 is 5.97 Å². The first-order chi connectivity index (χ1) is 7.92. The number of ether oxygens (including phenoxy) is 2. The molecule has 0 amide bonds. The van der Waals surface area contributed by atoms with Crippen molar-refractivity contribution in [3.05, 3.63) is 0 Å². The molecular formula is C10H19NO5S. The van der Waals surface area contributed by atoms with Crippen LogP contribution in [0.4, 0.5) is 0 Å². The third-order valence-electron chi connectivity index (χ3n) is 3.02. The zero-order valence-electron chi connectivity index (χ0n) is 10.4. The monoisotopic (exact) mass is 265 g/mol. The Kier molecular flexibility index (Phi) is 4.91. The molecule has 0 aromatic rings. The molecule has 0 radical (unpaired) electrons. The van der Waals surface area contributed by atoms with Crippen LogP contribution < -0.4 is 0 Å². The lowest BCUT2D eigenvalue weighted by Gasteiger charge is -2.15. The summed E-state index contributed by atoms with van der Waals surface area (Å²) in [6.45, 7) is 2.59. The average Bonchev–Trinajstić information content (AvgIpc) is 2.68. The van der Waals surface area contributed by atoms with Gasteiger partial charge in [0.15, 0.2) is 0 Å². The van der Waals surface area contributed by atoms with Crippen LogP contribution in [0.5, 0.6) is 0 Å². The Morgan fingerprint density at radius 3 is 2.53 bits per heavy atom. The summed E-state index contributed by atoms with van der Waals surface area (Å²) in [5.74, 6) is -0.775. The fourth-order valence-electron chi connectivity index (χ4n) is 1.93. The van der Waals surface area contributed by atoms with Crippen molar-refractivity contribution in [2.75, 3.05) is 39.7 Å². The number of carbonyl (C=O) groups is 1. The summed E-state index contributed by atoms with van der Waals surface area (Å²) in [5.41, 5.74) is 0. The molecule has 1 aliphatic heterocycles. The van der Waals surface area contributed by atoms with E-state index in [1.54, 1.807) is 0 Å². The number of nitrogens with zero attached hydrogens (tertiary/aromatic N) is 1. The van der Waals surface area contributed by atoms with Crippen LogP contribution in [0.3, 0.4) is 0 Å². The van der Waals surface area contributed by atoms with Crippen LogP contribution in [-0.2, 0) is 24.3 Å². The lowest BCUT2D eigenvalue weighted by Crippen LogP contribution is -2.33. The Morgan fingerprint density at radius 2 is 2.00 bits per heavy atom. The fraction of sp³-hybridized carbons (Fsp3) is 0.900. The number of hydrogen-bond acceptors (Lipinski definition) is 5. The molecule has 0 saturated carbocycles. The molecule has 0 spiro atoms. The van der Waals surface area contributed by atoms with E-state index in [2.05, 4.69) is 4.74 Å². The van der Waals surface area contributed by atoms with Gasteiger partial charge in [-0.25, -0.2) is 12.7 Å². The number of hydrogen-bond donors (Lipinski definition) is 0. The molecule has 17 heavy (non-hydrogen) atoms. The van der Waals surface area contributed by atoms with E-state index in [0.717, 1.165) is 0 Å². The van der Waals surface area contributed by atoms with Crippen molar-refractivity contribution in [2.24, 2.45) is 11.8 Å². The SMILES string of the molecule is COCCS(=O)(=O)N1CC(C)C(C(=O)OC)C1. The molecule has 2 unspecified atom stereocenters. The highest BCUT2D eigenvalue weighted by Gasteiger charge is 2.40. The Hall–Kier alpha value is -0.660. The van der Waals surface area contributed by atoms with E-state index in [4.69, 9.17) is 4.74 Å². The predicted molar refractivity (Wildman–Crippen MR) is 61.9 cm³/mol. The smallest absolute Gasteiger partial charge is 0.310 e. The summed E-state index contributed by atoms with van der Waals surface area (Å²) in [5, 5.41) is 0. The predicted octanol–water partition coefficient (Wildman–Crippen LogP) is -0.296. The van der Waals surface area contributed by atoms with Crippen LogP contribution >= 0.6 is 0 Å². The molecular weight excluding hydrogens is 246 g/mol. The molecule has 2 atom stereocenters. The second-order valence-electron chi connectivity index (χ2n) is 4.23. The van der Waals surface area contributed by atoms with E-state index in [1.165, 1.54) is 18.5 Å². The second kappa shape index (κ2) is 5.79. The summed E-state index contributed by atoms with van der Waals surface area (Å²) in [6.07, 6.45) is 0. The van der Waals surface area contributed by atoms with Gasteiger partial charge in [-0.15, -0.1) is 0 Å². The maximum Gasteiger partial charge on any atom is 0.310 e. The standard InChI is InChI=1S/C10H19NO5S/c1-8-6-11(7-9(8)10(12)16-3)17(13,14)5-4-15-2/h8-9H,4-7H2,1-3H3. The van der Waals surface area contributed by atoms with E-state index in [-0.39, 0.29) is 36.7 Å². The maximum atomic E-state index is 11.9. The summed E-state index contributed by atoms with van der Waals surface area (Å²) in [6, 6.07) is 0. The molecule has 1 aliphatic rings. The van der Waals surface area contributed by atoms with Crippen LogP contribution in [0.2, 0.25) is 0 Å². The number of methoxy groups -OCH3 is 2. The summed E-state index contributed by atoms with van der Waals surface area (Å²) in [7, 11) is -0.555. The minimum absolute atomic E-state index is 0.0141. The van der Waals surface area contributed by atoms with Crippen LogP contribution in [-0.4, -0.2) is 58.4 Å². The van der Waals surface area contributed by atoms with Gasteiger partial charge < -0.3 is 9.47 Å². The Labute approximate surface area is 102 Å². The van der Waals surface area contributed by atoms with E-state index < -0.39 is 10.0 Å². The Morgan fingerprint density at radius 1 is 1.35 bits per heavy atom. The van der Waals surface area contributed by atoms with Gasteiger partial charge in [0, 0.05) is 20.2 Å². The van der Waals surface area contributed by atoms with Gasteiger partial charge in [-0.2, -0.15) is 0 Å². The van der Waals surface area contributed by atoms with Crippen LogP contribution in [0, 0.1) is 11.8 Å². The number of sulfonamides is 1. The number of carbonyl (C=O) groups excluding carboxylic acids is 1. The average molecular weight is 265 g/mol. The van der Waals surface area contributed by atoms with Crippen LogP contribution in [0.15, 0.2) is 0 Å². The molecule has 1 rings (SSSR count). The molecule has 0 aromatic heterocycles. The molecule has 100 valence electrons. The molecule has 1 saturated heterocycles. The number of rotatable bonds is 5. The first-order valence-corrected chi connectivity index (χ1v) is 7.08. The highest BCUT2D eigenvalue weighted by Crippen LogP contribution is 2.26. The van der Waals surface area contributed by atoms with Gasteiger partial charge in [0.05, 0.1) is 25.4 Å². The molecule has 0 aromatic carbocycles. The fourth-order valence-corrected chi connectivity index (χ4v) is 3.41. The molecule has 0 bridgehead atoms. The first-order valence-electron chi connectivity index (χ1n) is 5.47. The maximum absolute atomic E-state index is 11.9. The highest BCUT2D eigenvalue weighted by atomic mass is 32.2. The van der Waals surface area contributed by atoms with Gasteiger partial charge in [-0.05, 0) is 5.92 Å². The van der Waals surface area contributed by atoms with E-state index >= 15 is 0 Å². The molecule has 1 fully saturated rings. The first kappa shape index (κ1) is 14.4. The molecule has 6 nitrogen and oxygen atoms in total. The van der Waals surface area contributed by atoms with E-state index in [0.29, 0.717) is 6.54 Å². The summed E-state index contributed by atoms with van der Waals surface area (Å²) < 4.78 is 34.5. The van der Waals surface area contributed by atoms with Gasteiger partial charge in [0.1, 0.15) is 0 Å². The lowest BCUT2D eigenvalue weighted by molar-refractivity contribution is -0.145. The van der Waals surface area contributed by atoms with Gasteiger partial charge in [-0.1, -0.05) is 6.92 Å². The van der Waals surface area contributed by atoms with Crippen molar-refractivity contribution in [1.29, 1.82) is 0 Å². The Bertz CT molecular complexity index is 367. The van der Waals surface area contributed by atoms with Crippen molar-refractivity contribution < 1.29 is 22.7 Å². The molecule has 0 aliphatic carbocycles. The van der Waals surface area contributed by atoms with Crippen LogP contribution in [0.25, 0.3) is 0 Å². The largest absolute Gasteiger partial charge is 0.469 e. The van der Waals surface area contributed by atoms with Gasteiger partial charge in [0.25, 0.3) is 0 Å². The zero-order valence-corrected chi connectivity index (χ0v) is 11.2. The number of esters is 1. The second-order valence-corrected chi connectivity index (χ2v) is 6.32. The third-order valence-corrected chi connectivity index (χ3v) is 4.79. The van der Waals surface area contributed by atoms with Crippen molar-refractivity contribution >= 4 is 16.0 Å². The van der Waals surface area contributed by atoms with Crippen molar-refractivity contribution in [3.63, 3.8) is 0 Å². The van der Waals surface area contributed by atoms with Gasteiger partial charge in [0.2, 0.25) is 10.0 Å². The molecule has 7 heteroatoms. The molecule has 1 heterocycles. The molecule has 0 N–H and O–H groups in total. The van der Waals surface area contributed by atoms with E-state index in [1.807, 2.05) is 6.92 Å². The van der Waals surface area contributed by atoms with Gasteiger partial charge in [-0.3, -0.25) is 4.79 Å². The normalized spacial score (nSPS) is 26.1. The Balaban J connectivity index is 2.68. The minimum atomic E-state index is -3.33. The third kappa shape index (κ3) is 3.40. The lowest BCUT2D eigenvalue weighted by atomic mass is 9.99. The quantitative estimate of drug-likeness (QED) is 0.638. The van der Waals surface area contributed by atoms with Crippen LogP contribution in [0.1, 0.15) is 6.92 Å². The minimum Gasteiger partial charge on any atom is -0.469 e. The summed E-state index contributed by atoms with van der Waals surface area (Å²) >= 11 is 0. The highest BCUT2D eigenvalue weighted by molar-refractivity contribution is 7.89. The van der Waals surface area contributed by atoms with Crippen molar-refractivity contribution in [1.82, 2.24) is 4.31 Å².